The van der Waals surface area contributed by atoms with Crippen molar-refractivity contribution >= 4 is 32.4 Å². The Balaban J connectivity index is 1.73. The van der Waals surface area contributed by atoms with E-state index in [1.807, 2.05) is 29.8 Å². The molecule has 0 saturated carbocycles. The second-order valence-corrected chi connectivity index (χ2v) is 7.96. The fourth-order valence-electron chi connectivity index (χ4n) is 2.36. The molecule has 0 radical (unpaired) electrons. The van der Waals surface area contributed by atoms with Crippen LogP contribution in [0.2, 0.25) is 0 Å². The summed E-state index contributed by atoms with van der Waals surface area (Å²) in [6.07, 6.45) is 0.512. The monoisotopic (exact) mass is 351 g/mol. The molecule has 0 spiro atoms. The number of imidazole rings is 1. The number of benzene rings is 1. The number of nitrogens with one attached hydrogen (secondary N) is 1. The van der Waals surface area contributed by atoms with Gasteiger partial charge < -0.3 is 9.30 Å². The number of aryl methyl sites for hydroxylation is 1. The van der Waals surface area contributed by atoms with Crippen LogP contribution in [-0.4, -0.2) is 31.6 Å². The number of thiophene rings is 1. The first-order valence-corrected chi connectivity index (χ1v) is 9.40. The predicted molar refractivity (Wildman–Crippen MR) is 90.5 cm³/mol. The minimum Gasteiger partial charge on any atom is -0.497 e. The van der Waals surface area contributed by atoms with Crippen LogP contribution in [0.4, 0.5) is 0 Å². The van der Waals surface area contributed by atoms with E-state index >= 15 is 0 Å². The Hall–Kier alpha value is -1.90. The second-order valence-electron chi connectivity index (χ2n) is 5.02. The molecule has 1 N–H and O–H groups in total. The number of ether oxygens (including phenoxy) is 1. The maximum Gasteiger partial charge on any atom is 0.250 e. The molecule has 0 atom stereocenters. The van der Waals surface area contributed by atoms with E-state index in [1.165, 1.54) is 11.3 Å². The molecule has 0 aliphatic rings. The summed E-state index contributed by atoms with van der Waals surface area (Å²) in [7, 11) is 0.108. The number of aromatic nitrogens is 2. The molecular weight excluding hydrogens is 334 g/mol. The summed E-state index contributed by atoms with van der Waals surface area (Å²) < 4.78 is 34.3. The highest BCUT2D eigenvalue weighted by atomic mass is 32.2. The van der Waals surface area contributed by atoms with Gasteiger partial charge >= 0.3 is 0 Å². The average Bonchev–Trinajstić information content (AvgIpc) is 3.17. The van der Waals surface area contributed by atoms with Gasteiger partial charge in [-0.3, -0.25) is 0 Å². The third kappa shape index (κ3) is 3.24. The maximum atomic E-state index is 12.1. The lowest BCUT2D eigenvalue weighted by molar-refractivity contribution is 0.415. The number of fused-ring (bicyclic) bond motifs is 1. The summed E-state index contributed by atoms with van der Waals surface area (Å²) in [6, 6.07) is 9.01. The van der Waals surface area contributed by atoms with Gasteiger partial charge in [-0.1, -0.05) is 6.07 Å². The van der Waals surface area contributed by atoms with Gasteiger partial charge in [0.2, 0.25) is 10.0 Å². The van der Waals surface area contributed by atoms with Crippen LogP contribution in [0.3, 0.4) is 0 Å². The third-order valence-electron chi connectivity index (χ3n) is 3.58. The molecule has 0 aliphatic heterocycles. The van der Waals surface area contributed by atoms with Crippen molar-refractivity contribution in [2.24, 2.45) is 7.05 Å². The Bertz CT molecular complexity index is 915. The molecule has 3 rings (SSSR count). The molecule has 2 heterocycles. The van der Waals surface area contributed by atoms with Gasteiger partial charge in [-0.05, 0) is 23.6 Å². The zero-order valence-corrected chi connectivity index (χ0v) is 14.4. The van der Waals surface area contributed by atoms with E-state index in [1.54, 1.807) is 24.6 Å². The molecule has 0 amide bonds. The average molecular weight is 351 g/mol. The molecule has 3 aromatic rings. The van der Waals surface area contributed by atoms with E-state index in [4.69, 9.17) is 4.74 Å². The Morgan fingerprint density at radius 2 is 2.17 bits per heavy atom. The zero-order chi connectivity index (χ0) is 16.4. The SMILES string of the molecule is COc1ccc2c(c1)nc(CCNS(=O)(=O)c1cccs1)n2C. The van der Waals surface area contributed by atoms with Crippen molar-refractivity contribution in [3.8, 4) is 5.75 Å². The fourth-order valence-corrected chi connectivity index (χ4v) is 4.43. The first-order chi connectivity index (χ1) is 11.0. The lowest BCUT2D eigenvalue weighted by Gasteiger charge is -2.05. The largest absolute Gasteiger partial charge is 0.497 e. The van der Waals surface area contributed by atoms with Gasteiger partial charge in [0, 0.05) is 26.1 Å². The Morgan fingerprint density at radius 1 is 1.35 bits per heavy atom. The Labute approximate surface area is 138 Å². The van der Waals surface area contributed by atoms with Gasteiger partial charge in [0.15, 0.2) is 0 Å². The van der Waals surface area contributed by atoms with Crippen molar-refractivity contribution in [1.29, 1.82) is 0 Å². The quantitative estimate of drug-likeness (QED) is 0.739. The van der Waals surface area contributed by atoms with Crippen LogP contribution in [0.5, 0.6) is 5.75 Å². The first-order valence-electron chi connectivity index (χ1n) is 7.04. The fraction of sp³-hybridized carbons (Fsp3) is 0.267. The molecule has 8 heteroatoms. The van der Waals surface area contributed by atoms with Crippen LogP contribution in [0.25, 0.3) is 11.0 Å². The Kier molecular flexibility index (Phi) is 4.38. The van der Waals surface area contributed by atoms with Crippen molar-refractivity contribution in [3.05, 3.63) is 41.5 Å². The number of sulfonamides is 1. The topological polar surface area (TPSA) is 73.2 Å². The van der Waals surface area contributed by atoms with Gasteiger partial charge in [-0.2, -0.15) is 0 Å². The molecule has 1 aromatic carbocycles. The molecule has 0 bridgehead atoms. The first kappa shape index (κ1) is 16.0. The van der Waals surface area contributed by atoms with Crippen LogP contribution in [-0.2, 0) is 23.5 Å². The lowest BCUT2D eigenvalue weighted by Crippen LogP contribution is -2.25. The van der Waals surface area contributed by atoms with Crippen LogP contribution in [0.1, 0.15) is 5.82 Å². The third-order valence-corrected chi connectivity index (χ3v) is 6.44. The molecule has 0 saturated heterocycles. The molecule has 0 unspecified atom stereocenters. The van der Waals surface area contributed by atoms with Crippen molar-refractivity contribution in [3.63, 3.8) is 0 Å². The molecule has 122 valence electrons. The summed E-state index contributed by atoms with van der Waals surface area (Å²) in [6.45, 7) is 0.300. The second kappa shape index (κ2) is 6.31. The van der Waals surface area contributed by atoms with E-state index < -0.39 is 10.0 Å². The van der Waals surface area contributed by atoms with Crippen LogP contribution < -0.4 is 9.46 Å². The van der Waals surface area contributed by atoms with Gasteiger partial charge in [0.25, 0.3) is 0 Å². The molecule has 0 fully saturated rings. The van der Waals surface area contributed by atoms with Gasteiger partial charge in [0.05, 0.1) is 18.1 Å². The van der Waals surface area contributed by atoms with Crippen LogP contribution in [0, 0.1) is 0 Å². The van der Waals surface area contributed by atoms with Gasteiger partial charge in [0.1, 0.15) is 15.8 Å². The highest BCUT2D eigenvalue weighted by molar-refractivity contribution is 7.91. The van der Waals surface area contributed by atoms with E-state index in [9.17, 15) is 8.42 Å². The number of nitrogens with zero attached hydrogens (tertiary/aromatic N) is 2. The molecular formula is C15H17N3O3S2. The molecule has 2 aromatic heterocycles. The van der Waals surface area contributed by atoms with Crippen LogP contribution >= 0.6 is 11.3 Å². The molecule has 0 aliphatic carbocycles. The number of methoxy groups -OCH3 is 1. The number of hydrogen-bond donors (Lipinski definition) is 1. The summed E-state index contributed by atoms with van der Waals surface area (Å²) in [4.78, 5) is 4.55. The van der Waals surface area contributed by atoms with E-state index in [0.29, 0.717) is 17.2 Å². The van der Waals surface area contributed by atoms with Crippen molar-refractivity contribution < 1.29 is 13.2 Å². The van der Waals surface area contributed by atoms with Crippen LogP contribution in [0.15, 0.2) is 39.9 Å². The highest BCUT2D eigenvalue weighted by Gasteiger charge is 2.15. The van der Waals surface area contributed by atoms with Crippen molar-refractivity contribution in [2.75, 3.05) is 13.7 Å². The normalized spacial score (nSPS) is 11.9. The number of hydrogen-bond acceptors (Lipinski definition) is 5. The zero-order valence-electron chi connectivity index (χ0n) is 12.8. The summed E-state index contributed by atoms with van der Waals surface area (Å²) in [5.41, 5.74) is 1.82. The van der Waals surface area contributed by atoms with E-state index in [-0.39, 0.29) is 0 Å². The van der Waals surface area contributed by atoms with E-state index in [0.717, 1.165) is 22.6 Å². The summed E-state index contributed by atoms with van der Waals surface area (Å²) in [5.74, 6) is 1.57. The summed E-state index contributed by atoms with van der Waals surface area (Å²) >= 11 is 1.20. The van der Waals surface area contributed by atoms with Gasteiger partial charge in [-0.25, -0.2) is 18.1 Å². The van der Waals surface area contributed by atoms with Crippen molar-refractivity contribution in [2.45, 2.75) is 10.6 Å². The standard InChI is InChI=1S/C15H17N3O3S2/c1-18-13-6-5-11(21-2)10-12(13)17-14(18)7-8-16-23(19,20)15-4-3-9-22-15/h3-6,9-10,16H,7-8H2,1-2H3. The molecule has 6 nitrogen and oxygen atoms in total. The van der Waals surface area contributed by atoms with Gasteiger partial charge in [-0.15, -0.1) is 11.3 Å². The summed E-state index contributed by atoms with van der Waals surface area (Å²) in [5, 5.41) is 1.74. The minimum atomic E-state index is -3.43. The highest BCUT2D eigenvalue weighted by Crippen LogP contribution is 2.21. The smallest absolute Gasteiger partial charge is 0.250 e. The minimum absolute atomic E-state index is 0.300. The maximum absolute atomic E-state index is 12.1. The molecule has 23 heavy (non-hydrogen) atoms. The predicted octanol–water partition coefficient (Wildman–Crippen LogP) is 2.16. The lowest BCUT2D eigenvalue weighted by atomic mass is 10.3. The number of rotatable bonds is 6. The Morgan fingerprint density at radius 3 is 2.87 bits per heavy atom. The van der Waals surface area contributed by atoms with E-state index in [2.05, 4.69) is 9.71 Å². The van der Waals surface area contributed by atoms with Crippen molar-refractivity contribution in [1.82, 2.24) is 14.3 Å².